The van der Waals surface area contributed by atoms with Gasteiger partial charge < -0.3 is 0 Å². The molecule has 0 saturated heterocycles. The predicted octanol–water partition coefficient (Wildman–Crippen LogP) is 5.87. The molecule has 0 spiro atoms. The molecule has 2 rings (SSSR count). The molecule has 0 N–H and O–H groups in total. The normalized spacial score (nSPS) is 12.5. The van der Waals surface area contributed by atoms with Crippen molar-refractivity contribution in [1.29, 1.82) is 0 Å². The van der Waals surface area contributed by atoms with E-state index in [2.05, 4.69) is 31.9 Å². The number of rotatable bonds is 2. The summed E-state index contributed by atoms with van der Waals surface area (Å²) in [5, 5.41) is 0.517. The zero-order chi connectivity index (χ0) is 13.3. The molecule has 1 atom stereocenters. The minimum absolute atomic E-state index is 0.344. The largest absolute Gasteiger partial charge is 0.207 e. The molecule has 0 amide bonds. The summed E-state index contributed by atoms with van der Waals surface area (Å²) in [6, 6.07) is 8.79. The molecule has 0 aliphatic rings. The van der Waals surface area contributed by atoms with Crippen molar-refractivity contribution in [2.45, 2.75) is 4.83 Å². The fourth-order valence-electron chi connectivity index (χ4n) is 1.58. The van der Waals surface area contributed by atoms with Crippen LogP contribution in [0.5, 0.6) is 0 Å². The van der Waals surface area contributed by atoms with Gasteiger partial charge in [-0.15, -0.1) is 0 Å². The molecule has 0 nitrogen and oxygen atoms in total. The molecule has 1 unspecified atom stereocenters. The average molecular weight is 396 g/mol. The van der Waals surface area contributed by atoms with Gasteiger partial charge in [0.25, 0.3) is 0 Å². The second kappa shape index (κ2) is 5.68. The lowest BCUT2D eigenvalue weighted by Gasteiger charge is -2.14. The maximum atomic E-state index is 13.7. The Labute approximate surface area is 125 Å². The van der Waals surface area contributed by atoms with Gasteiger partial charge in [0, 0.05) is 21.1 Å². The van der Waals surface area contributed by atoms with Gasteiger partial charge in [0.2, 0.25) is 0 Å². The highest BCUT2D eigenvalue weighted by molar-refractivity contribution is 9.10. The standard InChI is InChI=1S/C13H7Br2ClF2/c14-7-1-4-11(16)10(5-7)13(15)9-3-2-8(17)6-12(9)18/h1-6,13H. The number of alkyl halides is 1. The van der Waals surface area contributed by atoms with Crippen LogP contribution in [0.3, 0.4) is 0 Å². The summed E-state index contributed by atoms with van der Waals surface area (Å²) < 4.78 is 27.4. The molecule has 0 radical (unpaired) electrons. The summed E-state index contributed by atoms with van der Waals surface area (Å²) in [5.41, 5.74) is 1.06. The molecule has 5 heteroatoms. The summed E-state index contributed by atoms with van der Waals surface area (Å²) in [7, 11) is 0. The van der Waals surface area contributed by atoms with Crippen LogP contribution in [0, 0.1) is 11.6 Å². The lowest BCUT2D eigenvalue weighted by Crippen LogP contribution is -1.98. The fourth-order valence-corrected chi connectivity index (χ4v) is 3.07. The zero-order valence-corrected chi connectivity index (χ0v) is 12.9. The van der Waals surface area contributed by atoms with Crippen molar-refractivity contribution in [3.8, 4) is 0 Å². The van der Waals surface area contributed by atoms with Crippen LogP contribution < -0.4 is 0 Å². The third-order valence-electron chi connectivity index (χ3n) is 2.47. The van der Waals surface area contributed by atoms with Crippen molar-refractivity contribution in [2.24, 2.45) is 0 Å². The smallest absolute Gasteiger partial charge is 0.130 e. The van der Waals surface area contributed by atoms with Gasteiger partial charge in [-0.3, -0.25) is 0 Å². The highest BCUT2D eigenvalue weighted by Gasteiger charge is 2.18. The van der Waals surface area contributed by atoms with Crippen molar-refractivity contribution in [3.63, 3.8) is 0 Å². The van der Waals surface area contributed by atoms with Crippen molar-refractivity contribution in [3.05, 3.63) is 68.7 Å². The first-order chi connectivity index (χ1) is 8.49. The van der Waals surface area contributed by atoms with Crippen molar-refractivity contribution in [1.82, 2.24) is 0 Å². The Morgan fingerprint density at radius 3 is 2.39 bits per heavy atom. The highest BCUT2D eigenvalue weighted by atomic mass is 79.9. The summed E-state index contributed by atoms with van der Waals surface area (Å²) in [6.07, 6.45) is 0. The van der Waals surface area contributed by atoms with E-state index >= 15 is 0 Å². The Hall–Kier alpha value is -0.450. The lowest BCUT2D eigenvalue weighted by molar-refractivity contribution is 0.574. The maximum Gasteiger partial charge on any atom is 0.130 e. The first-order valence-corrected chi connectivity index (χ1v) is 7.11. The third-order valence-corrected chi connectivity index (χ3v) is 4.29. The quantitative estimate of drug-likeness (QED) is 0.558. The van der Waals surface area contributed by atoms with Crippen LogP contribution in [-0.4, -0.2) is 0 Å². The average Bonchev–Trinajstić information content (AvgIpc) is 2.31. The SMILES string of the molecule is Fc1ccc(C(Br)c2cc(Br)ccc2Cl)c(F)c1. The van der Waals surface area contributed by atoms with Gasteiger partial charge in [0.1, 0.15) is 11.6 Å². The summed E-state index contributed by atoms with van der Waals surface area (Å²) in [6.45, 7) is 0. The molecule has 0 aromatic heterocycles. The van der Waals surface area contributed by atoms with Gasteiger partial charge in [0.15, 0.2) is 0 Å². The van der Waals surface area contributed by atoms with Gasteiger partial charge in [-0.1, -0.05) is 49.5 Å². The van der Waals surface area contributed by atoms with E-state index in [1.54, 1.807) is 18.2 Å². The Bertz CT molecular complexity index is 587. The van der Waals surface area contributed by atoms with E-state index in [9.17, 15) is 8.78 Å². The number of halogens is 5. The monoisotopic (exact) mass is 394 g/mol. The molecule has 0 heterocycles. The Balaban J connectivity index is 2.47. The summed E-state index contributed by atoms with van der Waals surface area (Å²) in [4.78, 5) is -0.428. The molecule has 18 heavy (non-hydrogen) atoms. The fraction of sp³-hybridized carbons (Fsp3) is 0.0769. The van der Waals surface area contributed by atoms with E-state index in [1.165, 1.54) is 12.1 Å². The second-order valence-corrected chi connectivity index (χ2v) is 5.93. The van der Waals surface area contributed by atoms with E-state index in [1.807, 2.05) is 0 Å². The minimum Gasteiger partial charge on any atom is -0.207 e. The molecule has 94 valence electrons. The number of benzene rings is 2. The van der Waals surface area contributed by atoms with Crippen LogP contribution in [0.1, 0.15) is 16.0 Å². The first kappa shape index (κ1) is 14.0. The maximum absolute atomic E-state index is 13.7. The van der Waals surface area contributed by atoms with Gasteiger partial charge in [-0.25, -0.2) is 8.78 Å². The molecule has 0 aliphatic carbocycles. The number of hydrogen-bond donors (Lipinski definition) is 0. The lowest BCUT2D eigenvalue weighted by atomic mass is 10.0. The minimum atomic E-state index is -0.604. The van der Waals surface area contributed by atoms with Gasteiger partial charge in [-0.2, -0.15) is 0 Å². The van der Waals surface area contributed by atoms with Gasteiger partial charge >= 0.3 is 0 Å². The Kier molecular flexibility index (Phi) is 4.41. The summed E-state index contributed by atoms with van der Waals surface area (Å²) in [5.74, 6) is -1.20. The third kappa shape index (κ3) is 2.92. The van der Waals surface area contributed by atoms with Crippen molar-refractivity contribution >= 4 is 43.5 Å². The second-order valence-electron chi connectivity index (χ2n) is 3.69. The van der Waals surface area contributed by atoms with E-state index < -0.39 is 16.5 Å². The molecular formula is C13H7Br2ClF2. The van der Waals surface area contributed by atoms with Gasteiger partial charge in [-0.05, 0) is 29.8 Å². The van der Waals surface area contributed by atoms with Crippen LogP contribution >= 0.6 is 43.5 Å². The van der Waals surface area contributed by atoms with E-state index in [-0.39, 0.29) is 0 Å². The topological polar surface area (TPSA) is 0 Å². The molecule has 0 saturated carbocycles. The van der Waals surface area contributed by atoms with Crippen molar-refractivity contribution in [2.75, 3.05) is 0 Å². The van der Waals surface area contributed by atoms with E-state index in [4.69, 9.17) is 11.6 Å². The van der Waals surface area contributed by atoms with Gasteiger partial charge in [0.05, 0.1) is 4.83 Å². The number of hydrogen-bond acceptors (Lipinski definition) is 0. The van der Waals surface area contributed by atoms with Crippen LogP contribution in [0.25, 0.3) is 0 Å². The predicted molar refractivity (Wildman–Crippen MR) is 76.3 cm³/mol. The molecule has 0 aliphatic heterocycles. The molecule has 0 bridgehead atoms. The van der Waals surface area contributed by atoms with Crippen LogP contribution in [0.2, 0.25) is 5.02 Å². The molecule has 2 aromatic carbocycles. The molecule has 0 fully saturated rings. The van der Waals surface area contributed by atoms with E-state index in [0.29, 0.717) is 10.6 Å². The van der Waals surface area contributed by atoms with Crippen LogP contribution in [0.4, 0.5) is 8.78 Å². The first-order valence-electron chi connectivity index (χ1n) is 5.03. The Morgan fingerprint density at radius 1 is 1.00 bits per heavy atom. The van der Waals surface area contributed by atoms with Crippen molar-refractivity contribution < 1.29 is 8.78 Å². The summed E-state index contributed by atoms with van der Waals surface area (Å²) >= 11 is 12.8. The van der Waals surface area contributed by atoms with Crippen LogP contribution in [-0.2, 0) is 0 Å². The highest BCUT2D eigenvalue weighted by Crippen LogP contribution is 2.37. The Morgan fingerprint density at radius 2 is 1.72 bits per heavy atom. The zero-order valence-electron chi connectivity index (χ0n) is 8.93. The van der Waals surface area contributed by atoms with Crippen LogP contribution in [0.15, 0.2) is 40.9 Å². The van der Waals surface area contributed by atoms with E-state index in [0.717, 1.165) is 16.1 Å². The molecule has 2 aromatic rings. The molecular weight excluding hydrogens is 389 g/mol.